The molecule has 9 heavy (non-hydrogen) atoms. The van der Waals surface area contributed by atoms with Crippen LogP contribution in [0.25, 0.3) is 0 Å². The lowest BCUT2D eigenvalue weighted by Gasteiger charge is -2.17. The Bertz CT molecular complexity index is 111. The fraction of sp³-hybridized carbons (Fsp3) is 0.714. The molecule has 0 aliphatic heterocycles. The molecule has 0 saturated heterocycles. The molecule has 0 aromatic carbocycles. The molecule has 1 aliphatic rings. The van der Waals surface area contributed by atoms with Crippen LogP contribution in [0.15, 0.2) is 12.2 Å². The van der Waals surface area contributed by atoms with E-state index in [1.54, 1.807) is 0 Å². The van der Waals surface area contributed by atoms with Gasteiger partial charge in [0.05, 0.1) is 0 Å². The summed E-state index contributed by atoms with van der Waals surface area (Å²) in [7, 11) is 0. The molecule has 0 heterocycles. The Labute approximate surface area is 55.4 Å². The predicted molar refractivity (Wildman–Crippen MR) is 36.9 cm³/mol. The Balaban J connectivity index is 2.38. The molecule has 3 N–H and O–H groups in total. The smallest absolute Gasteiger partial charge is 0.0493 e. The van der Waals surface area contributed by atoms with Gasteiger partial charge >= 0.3 is 0 Å². The minimum atomic E-state index is 0.229. The standard InChI is InChI=1S/C7H13NO/c8-7-3-1-6(5-9)2-4-7/h1,3,6-7,9H,2,4-5,8H2/t6-,7+/m1/s1. The van der Waals surface area contributed by atoms with Crippen LogP contribution in [0.1, 0.15) is 12.8 Å². The molecule has 0 radical (unpaired) electrons. The van der Waals surface area contributed by atoms with Crippen LogP contribution in [0.2, 0.25) is 0 Å². The van der Waals surface area contributed by atoms with E-state index in [0.717, 1.165) is 12.8 Å². The van der Waals surface area contributed by atoms with Gasteiger partial charge in [-0.05, 0) is 12.8 Å². The van der Waals surface area contributed by atoms with Gasteiger partial charge in [-0.2, -0.15) is 0 Å². The van der Waals surface area contributed by atoms with Gasteiger partial charge in [0.1, 0.15) is 0 Å². The maximum atomic E-state index is 8.69. The number of aliphatic hydroxyl groups excluding tert-OH is 1. The van der Waals surface area contributed by atoms with Gasteiger partial charge in [-0.15, -0.1) is 0 Å². The number of hydrogen-bond acceptors (Lipinski definition) is 2. The maximum Gasteiger partial charge on any atom is 0.0493 e. The van der Waals surface area contributed by atoms with Crippen LogP contribution in [0, 0.1) is 5.92 Å². The molecule has 0 amide bonds. The van der Waals surface area contributed by atoms with Crippen LogP contribution in [-0.2, 0) is 0 Å². The van der Waals surface area contributed by atoms with Gasteiger partial charge in [-0.3, -0.25) is 0 Å². The summed E-state index contributed by atoms with van der Waals surface area (Å²) in [5, 5.41) is 8.69. The Morgan fingerprint density at radius 2 is 2.22 bits per heavy atom. The predicted octanol–water partition coefficient (Wildman–Crippen LogP) is 0.272. The normalized spacial score (nSPS) is 34.9. The topological polar surface area (TPSA) is 46.2 Å². The molecule has 2 nitrogen and oxygen atoms in total. The monoisotopic (exact) mass is 127 g/mol. The molecule has 2 atom stereocenters. The minimum absolute atomic E-state index is 0.229. The van der Waals surface area contributed by atoms with E-state index in [2.05, 4.69) is 0 Å². The summed E-state index contributed by atoms with van der Waals surface area (Å²) in [4.78, 5) is 0. The van der Waals surface area contributed by atoms with Crippen LogP contribution in [0.3, 0.4) is 0 Å². The van der Waals surface area contributed by atoms with Crippen LogP contribution in [0.5, 0.6) is 0 Å². The number of aliphatic hydroxyl groups is 1. The maximum absolute atomic E-state index is 8.69. The van der Waals surface area contributed by atoms with E-state index in [4.69, 9.17) is 10.8 Å². The van der Waals surface area contributed by atoms with Crippen molar-refractivity contribution in [3.63, 3.8) is 0 Å². The third kappa shape index (κ3) is 1.80. The van der Waals surface area contributed by atoms with E-state index in [1.807, 2.05) is 12.2 Å². The quantitative estimate of drug-likeness (QED) is 0.497. The van der Waals surface area contributed by atoms with Gasteiger partial charge in [0, 0.05) is 18.6 Å². The van der Waals surface area contributed by atoms with Crippen molar-refractivity contribution in [2.24, 2.45) is 11.7 Å². The summed E-state index contributed by atoms with van der Waals surface area (Å²) in [6.45, 7) is 0.267. The Hall–Kier alpha value is -0.340. The molecule has 0 spiro atoms. The zero-order valence-electron chi connectivity index (χ0n) is 5.46. The van der Waals surface area contributed by atoms with E-state index in [0.29, 0.717) is 5.92 Å². The van der Waals surface area contributed by atoms with Crippen molar-refractivity contribution in [3.8, 4) is 0 Å². The fourth-order valence-electron chi connectivity index (χ4n) is 1.05. The van der Waals surface area contributed by atoms with Crippen molar-refractivity contribution in [2.75, 3.05) is 6.61 Å². The highest BCUT2D eigenvalue weighted by Crippen LogP contribution is 2.14. The minimum Gasteiger partial charge on any atom is -0.396 e. The molecule has 0 bridgehead atoms. The van der Waals surface area contributed by atoms with Gasteiger partial charge in [-0.1, -0.05) is 12.2 Å². The van der Waals surface area contributed by atoms with Gasteiger partial charge in [0.15, 0.2) is 0 Å². The van der Waals surface area contributed by atoms with Gasteiger partial charge in [-0.25, -0.2) is 0 Å². The van der Waals surface area contributed by atoms with Gasteiger partial charge < -0.3 is 10.8 Å². The Morgan fingerprint density at radius 1 is 1.44 bits per heavy atom. The van der Waals surface area contributed by atoms with Crippen LogP contribution in [-0.4, -0.2) is 17.8 Å². The number of rotatable bonds is 1. The molecular formula is C7H13NO. The van der Waals surface area contributed by atoms with Crippen LogP contribution >= 0.6 is 0 Å². The van der Waals surface area contributed by atoms with E-state index < -0.39 is 0 Å². The molecule has 2 heteroatoms. The Kier molecular flexibility index (Phi) is 2.25. The van der Waals surface area contributed by atoms with E-state index in [9.17, 15) is 0 Å². The molecular weight excluding hydrogens is 114 g/mol. The number of hydrogen-bond donors (Lipinski definition) is 2. The van der Waals surface area contributed by atoms with Crippen molar-refractivity contribution < 1.29 is 5.11 Å². The van der Waals surface area contributed by atoms with E-state index in [-0.39, 0.29) is 12.6 Å². The summed E-state index contributed by atoms with van der Waals surface area (Å²) >= 11 is 0. The first kappa shape index (κ1) is 6.78. The summed E-state index contributed by atoms with van der Waals surface area (Å²) in [6.07, 6.45) is 6.04. The molecule has 1 rings (SSSR count). The highest BCUT2D eigenvalue weighted by Gasteiger charge is 2.10. The second-order valence-electron chi connectivity index (χ2n) is 2.57. The first-order valence-corrected chi connectivity index (χ1v) is 3.37. The molecule has 0 saturated carbocycles. The Morgan fingerprint density at radius 3 is 2.67 bits per heavy atom. The average molecular weight is 127 g/mol. The van der Waals surface area contributed by atoms with Crippen molar-refractivity contribution in [1.29, 1.82) is 0 Å². The zero-order valence-corrected chi connectivity index (χ0v) is 5.46. The highest BCUT2D eigenvalue weighted by molar-refractivity contribution is 4.99. The van der Waals surface area contributed by atoms with Crippen LogP contribution in [0.4, 0.5) is 0 Å². The average Bonchev–Trinajstić information content (AvgIpc) is 1.90. The molecule has 52 valence electrons. The summed E-state index contributed by atoms with van der Waals surface area (Å²) in [5.74, 6) is 0.366. The zero-order chi connectivity index (χ0) is 6.69. The van der Waals surface area contributed by atoms with Crippen LogP contribution < -0.4 is 5.73 Å². The van der Waals surface area contributed by atoms with E-state index >= 15 is 0 Å². The first-order chi connectivity index (χ1) is 4.33. The van der Waals surface area contributed by atoms with Crippen molar-refractivity contribution >= 4 is 0 Å². The molecule has 1 aliphatic carbocycles. The molecule has 0 fully saturated rings. The second-order valence-corrected chi connectivity index (χ2v) is 2.57. The molecule has 0 aromatic rings. The lowest BCUT2D eigenvalue weighted by atomic mass is 9.94. The molecule has 0 unspecified atom stereocenters. The molecule has 0 aromatic heterocycles. The largest absolute Gasteiger partial charge is 0.396 e. The second kappa shape index (κ2) is 2.99. The van der Waals surface area contributed by atoms with Crippen molar-refractivity contribution in [3.05, 3.63) is 12.2 Å². The van der Waals surface area contributed by atoms with Gasteiger partial charge in [0.25, 0.3) is 0 Å². The summed E-state index contributed by atoms with van der Waals surface area (Å²) in [6, 6.07) is 0.229. The SMILES string of the molecule is N[C@H]1C=C[C@@H](CO)CC1. The lowest BCUT2D eigenvalue weighted by Crippen LogP contribution is -2.22. The first-order valence-electron chi connectivity index (χ1n) is 3.37. The van der Waals surface area contributed by atoms with Crippen molar-refractivity contribution in [1.82, 2.24) is 0 Å². The highest BCUT2D eigenvalue weighted by atomic mass is 16.3. The fourth-order valence-corrected chi connectivity index (χ4v) is 1.05. The summed E-state index contributed by atoms with van der Waals surface area (Å²) < 4.78 is 0. The lowest BCUT2D eigenvalue weighted by molar-refractivity contribution is 0.239. The third-order valence-electron chi connectivity index (χ3n) is 1.74. The van der Waals surface area contributed by atoms with Gasteiger partial charge in [0.2, 0.25) is 0 Å². The van der Waals surface area contributed by atoms with Crippen molar-refractivity contribution in [2.45, 2.75) is 18.9 Å². The third-order valence-corrected chi connectivity index (χ3v) is 1.74. The number of nitrogens with two attached hydrogens (primary N) is 1. The summed E-state index contributed by atoms with van der Waals surface area (Å²) in [5.41, 5.74) is 5.58. The van der Waals surface area contributed by atoms with E-state index in [1.165, 1.54) is 0 Å².